The van der Waals surface area contributed by atoms with Crippen LogP contribution < -0.4 is 15.4 Å². The zero-order chi connectivity index (χ0) is 19.6. The highest BCUT2D eigenvalue weighted by atomic mass is 35.5. The van der Waals surface area contributed by atoms with Crippen LogP contribution in [0.3, 0.4) is 0 Å². The number of aromatic hydroxyl groups is 1. The third kappa shape index (κ3) is 5.52. The molecule has 3 rings (SSSR count). The number of aliphatic hydroxyl groups excluding tert-OH is 1. The van der Waals surface area contributed by atoms with Crippen LogP contribution in [0.15, 0.2) is 36.4 Å². The zero-order valence-corrected chi connectivity index (χ0v) is 17.2. The van der Waals surface area contributed by atoms with Crippen molar-refractivity contribution in [2.75, 3.05) is 18.5 Å². The molecule has 1 heterocycles. The Bertz CT molecular complexity index is 841. The summed E-state index contributed by atoms with van der Waals surface area (Å²) in [7, 11) is 0. The first-order valence-electron chi connectivity index (χ1n) is 8.70. The van der Waals surface area contributed by atoms with E-state index in [1.807, 2.05) is 38.1 Å². The second-order valence-electron chi connectivity index (χ2n) is 7.33. The lowest BCUT2D eigenvalue weighted by Gasteiger charge is -2.29. The van der Waals surface area contributed by atoms with E-state index in [0.29, 0.717) is 22.0 Å². The van der Waals surface area contributed by atoms with Gasteiger partial charge in [0, 0.05) is 28.7 Å². The Morgan fingerprint density at radius 3 is 2.64 bits per heavy atom. The van der Waals surface area contributed by atoms with Crippen molar-refractivity contribution >= 4 is 35.6 Å². The number of rotatable bonds is 6. The number of carbonyl (C=O) groups excluding carboxylic acids is 1. The number of amides is 1. The fourth-order valence-corrected chi connectivity index (χ4v) is 3.24. The number of carbonyl (C=O) groups is 1. The molecule has 6 nitrogen and oxygen atoms in total. The highest BCUT2D eigenvalue weighted by molar-refractivity contribution is 6.30. The number of β-amino-alcohol motifs (C(OH)–C–C–N with tert-alkyl or cyclic N) is 1. The highest BCUT2D eigenvalue weighted by Gasteiger charge is 2.26. The van der Waals surface area contributed by atoms with Crippen molar-refractivity contribution in [2.24, 2.45) is 0 Å². The highest BCUT2D eigenvalue weighted by Crippen LogP contribution is 2.38. The number of anilines is 1. The molecule has 1 aliphatic rings. The van der Waals surface area contributed by atoms with Gasteiger partial charge in [0.2, 0.25) is 0 Å². The third-order valence-electron chi connectivity index (χ3n) is 4.42. The van der Waals surface area contributed by atoms with Crippen LogP contribution in [0.2, 0.25) is 5.02 Å². The molecule has 0 fully saturated rings. The minimum absolute atomic E-state index is 0. The molecule has 1 aliphatic heterocycles. The number of ether oxygens (including phenoxy) is 1. The molecule has 0 saturated heterocycles. The fourth-order valence-electron chi connectivity index (χ4n) is 3.12. The Labute approximate surface area is 175 Å². The van der Waals surface area contributed by atoms with Crippen molar-refractivity contribution in [1.29, 1.82) is 0 Å². The summed E-state index contributed by atoms with van der Waals surface area (Å²) in [6.07, 6.45) is -0.160. The number of hydrogen-bond acceptors (Lipinski definition) is 5. The molecule has 0 aliphatic carbocycles. The molecule has 0 radical (unpaired) electrons. The van der Waals surface area contributed by atoms with E-state index in [4.69, 9.17) is 16.3 Å². The minimum Gasteiger partial charge on any atom is -0.508 e. The van der Waals surface area contributed by atoms with E-state index < -0.39 is 6.10 Å². The minimum atomic E-state index is -0.912. The van der Waals surface area contributed by atoms with Gasteiger partial charge in [0.05, 0.1) is 11.8 Å². The van der Waals surface area contributed by atoms with Gasteiger partial charge in [-0.25, -0.2) is 0 Å². The molecular weight excluding hydrogens is 403 g/mol. The van der Waals surface area contributed by atoms with E-state index in [1.54, 1.807) is 0 Å². The van der Waals surface area contributed by atoms with Gasteiger partial charge in [-0.3, -0.25) is 4.79 Å². The molecule has 1 unspecified atom stereocenters. The molecule has 0 saturated carbocycles. The Balaban J connectivity index is 0.00000280. The molecule has 2 aromatic carbocycles. The molecule has 1 atom stereocenters. The largest absolute Gasteiger partial charge is 0.508 e. The number of phenols is 1. The Morgan fingerprint density at radius 2 is 1.96 bits per heavy atom. The third-order valence-corrected chi connectivity index (χ3v) is 4.67. The first-order chi connectivity index (χ1) is 12.7. The monoisotopic (exact) mass is 426 g/mol. The maximum Gasteiger partial charge on any atom is 0.262 e. The normalized spacial score (nSPS) is 14.4. The van der Waals surface area contributed by atoms with E-state index in [-0.39, 0.29) is 42.8 Å². The maximum atomic E-state index is 11.5. The average Bonchev–Trinajstić information content (AvgIpc) is 2.60. The van der Waals surface area contributed by atoms with Crippen molar-refractivity contribution in [3.63, 3.8) is 0 Å². The lowest BCUT2D eigenvalue weighted by atomic mass is 9.94. The van der Waals surface area contributed by atoms with Gasteiger partial charge in [-0.05, 0) is 44.0 Å². The summed E-state index contributed by atoms with van der Waals surface area (Å²) in [6.45, 7) is 4.23. The van der Waals surface area contributed by atoms with E-state index in [2.05, 4.69) is 10.6 Å². The summed E-state index contributed by atoms with van der Waals surface area (Å²) in [5.74, 6) is 0.0435. The van der Waals surface area contributed by atoms with Gasteiger partial charge in [0.15, 0.2) is 6.61 Å². The summed E-state index contributed by atoms with van der Waals surface area (Å²) in [5, 5.41) is 27.2. The predicted octanol–water partition coefficient (Wildman–Crippen LogP) is 3.44. The van der Waals surface area contributed by atoms with Crippen LogP contribution in [0.5, 0.6) is 11.5 Å². The summed E-state index contributed by atoms with van der Waals surface area (Å²) in [6, 6.07) is 10.5. The van der Waals surface area contributed by atoms with Gasteiger partial charge in [-0.2, -0.15) is 0 Å². The number of phenolic OH excluding ortho intramolecular Hbond substituents is 1. The lowest BCUT2D eigenvalue weighted by molar-refractivity contribution is -0.118. The standard InChI is InChI=1S/C20H23ClN2O4.ClH/c1-20(2,9-12-3-5-13(21)6-4-12)22-10-17(25)15-7-14(24)8-16-19(15)27-11-18(26)23-16;/h3-8,17,22,24-25H,9-11H2,1-2H3,(H,23,26);1H. The van der Waals surface area contributed by atoms with Crippen LogP contribution in [0.4, 0.5) is 5.69 Å². The summed E-state index contributed by atoms with van der Waals surface area (Å²) in [5.41, 5.74) is 1.65. The number of hydrogen-bond donors (Lipinski definition) is 4. The van der Waals surface area contributed by atoms with E-state index in [0.717, 1.165) is 12.0 Å². The van der Waals surface area contributed by atoms with Gasteiger partial charge < -0.3 is 25.6 Å². The second-order valence-corrected chi connectivity index (χ2v) is 7.77. The quantitative estimate of drug-likeness (QED) is 0.567. The van der Waals surface area contributed by atoms with Gasteiger partial charge in [-0.1, -0.05) is 23.7 Å². The number of benzene rings is 2. The van der Waals surface area contributed by atoms with Gasteiger partial charge in [0.25, 0.3) is 5.91 Å². The SMILES string of the molecule is CC(C)(Cc1ccc(Cl)cc1)NCC(O)c1cc(O)cc2c1OCC(=O)N2.Cl. The van der Waals surface area contributed by atoms with Gasteiger partial charge >= 0.3 is 0 Å². The number of nitrogens with one attached hydrogen (secondary N) is 2. The van der Waals surface area contributed by atoms with Gasteiger partial charge in [0.1, 0.15) is 11.5 Å². The van der Waals surface area contributed by atoms with E-state index in [1.165, 1.54) is 12.1 Å². The Hall–Kier alpha value is -1.99. The van der Waals surface area contributed by atoms with Crippen LogP contribution >= 0.6 is 24.0 Å². The Kier molecular flexibility index (Phi) is 7.17. The second kappa shape index (κ2) is 9.01. The van der Waals surface area contributed by atoms with E-state index in [9.17, 15) is 15.0 Å². The first kappa shape index (κ1) is 22.3. The maximum absolute atomic E-state index is 11.5. The molecule has 4 N–H and O–H groups in total. The van der Waals surface area contributed by atoms with Crippen LogP contribution in [0.1, 0.15) is 31.1 Å². The van der Waals surface area contributed by atoms with Crippen LogP contribution in [0, 0.1) is 0 Å². The van der Waals surface area contributed by atoms with Crippen molar-refractivity contribution in [3.8, 4) is 11.5 Å². The molecule has 8 heteroatoms. The van der Waals surface area contributed by atoms with E-state index >= 15 is 0 Å². The number of halogens is 2. The van der Waals surface area contributed by atoms with Gasteiger partial charge in [-0.15, -0.1) is 12.4 Å². The summed E-state index contributed by atoms with van der Waals surface area (Å²) < 4.78 is 5.46. The topological polar surface area (TPSA) is 90.8 Å². The zero-order valence-electron chi connectivity index (χ0n) is 15.7. The number of fused-ring (bicyclic) bond motifs is 1. The van der Waals surface area contributed by atoms with Crippen LogP contribution in [-0.4, -0.2) is 34.8 Å². The average molecular weight is 427 g/mol. The first-order valence-corrected chi connectivity index (χ1v) is 9.08. The smallest absolute Gasteiger partial charge is 0.262 e. The molecule has 28 heavy (non-hydrogen) atoms. The Morgan fingerprint density at radius 1 is 1.29 bits per heavy atom. The van der Waals surface area contributed by atoms with Crippen molar-refractivity contribution in [2.45, 2.75) is 31.9 Å². The fraction of sp³-hybridized carbons (Fsp3) is 0.350. The predicted molar refractivity (Wildman–Crippen MR) is 112 cm³/mol. The number of aliphatic hydroxyl groups is 1. The lowest BCUT2D eigenvalue weighted by Crippen LogP contribution is -2.43. The summed E-state index contributed by atoms with van der Waals surface area (Å²) >= 11 is 5.93. The van der Waals surface area contributed by atoms with Crippen molar-refractivity contribution < 1.29 is 19.7 Å². The molecular formula is C20H24Cl2N2O4. The molecule has 1 amide bonds. The summed E-state index contributed by atoms with van der Waals surface area (Å²) in [4.78, 5) is 11.5. The van der Waals surface area contributed by atoms with Crippen molar-refractivity contribution in [1.82, 2.24) is 5.32 Å². The van der Waals surface area contributed by atoms with Crippen LogP contribution in [-0.2, 0) is 11.2 Å². The molecule has 0 bridgehead atoms. The molecule has 2 aromatic rings. The molecule has 152 valence electrons. The molecule has 0 spiro atoms. The molecule has 0 aromatic heterocycles. The van der Waals surface area contributed by atoms with Crippen molar-refractivity contribution in [3.05, 3.63) is 52.5 Å². The van der Waals surface area contributed by atoms with Crippen LogP contribution in [0.25, 0.3) is 0 Å².